The van der Waals surface area contributed by atoms with E-state index in [1.54, 1.807) is 0 Å². The molecule has 2 saturated heterocycles. The van der Waals surface area contributed by atoms with Gasteiger partial charge in [-0.3, -0.25) is 23.3 Å². The lowest BCUT2D eigenvalue weighted by atomic mass is 9.97. The van der Waals surface area contributed by atoms with E-state index in [0.717, 1.165) is 17.8 Å². The van der Waals surface area contributed by atoms with Gasteiger partial charge in [0.2, 0.25) is 18.1 Å². The van der Waals surface area contributed by atoms with E-state index in [1.165, 1.54) is 4.72 Å². The van der Waals surface area contributed by atoms with Crippen molar-refractivity contribution in [3.63, 3.8) is 0 Å². The molecule has 2 aromatic rings. The smallest absolute Gasteiger partial charge is 0.416 e. The fourth-order valence-corrected chi connectivity index (χ4v) is 4.84. The second-order valence-corrected chi connectivity index (χ2v) is 10.3. The molecule has 10 N–H and O–H groups in total. The summed E-state index contributed by atoms with van der Waals surface area (Å²) in [5.74, 6) is -0.983. The minimum atomic E-state index is -4.96. The van der Waals surface area contributed by atoms with Crippen molar-refractivity contribution in [2.24, 2.45) is 0 Å². The molecule has 2 aliphatic heterocycles. The SMILES string of the molecule is CC(=O)NC1C(O)[C@@H](O)C(CO)O[C@@H]1OC(=O)NS(=O)(=O)OC[C@H]1O[C@@H](n2cnc3c(=O)[nH]c(N)nc32)C(O)C1O. The standard InChI is InChI=1S/C19H27N7O14S/c1-5(28)22-8-12(31)10(29)6(2-27)39-17(8)40-19(34)25-41(35,36)37-3-7-11(30)13(32)16(38-7)26-4-21-9-14(26)23-18(20)24-15(9)33/h4,6-8,10-13,16-17,27,29-32H,2-3H2,1H3,(H,22,28)(H,25,34)(H3,20,23,24,33)/t6?,7-,8?,10+,11?,12?,13?,16-,17-/m1/s1. The second-order valence-electron chi connectivity index (χ2n) is 9.00. The van der Waals surface area contributed by atoms with Gasteiger partial charge in [0.25, 0.3) is 5.56 Å². The minimum absolute atomic E-state index is 0.0929. The average Bonchev–Trinajstić information content (AvgIpc) is 3.42. The van der Waals surface area contributed by atoms with Crippen LogP contribution in [0.3, 0.4) is 0 Å². The Kier molecular flexibility index (Phi) is 8.76. The van der Waals surface area contributed by atoms with Crippen LogP contribution in [0.2, 0.25) is 0 Å². The van der Waals surface area contributed by atoms with Crippen molar-refractivity contribution >= 4 is 39.4 Å². The van der Waals surface area contributed by atoms with Gasteiger partial charge in [-0.1, -0.05) is 0 Å². The number of amides is 2. The van der Waals surface area contributed by atoms with E-state index in [2.05, 4.69) is 24.5 Å². The molecule has 0 spiro atoms. The highest BCUT2D eigenvalue weighted by atomic mass is 32.2. The molecule has 0 bridgehead atoms. The summed E-state index contributed by atoms with van der Waals surface area (Å²) in [4.78, 5) is 45.7. The highest BCUT2D eigenvalue weighted by Crippen LogP contribution is 2.31. The summed E-state index contributed by atoms with van der Waals surface area (Å²) in [6.07, 6.45) is -13.6. The first-order valence-corrected chi connectivity index (χ1v) is 13.1. The summed E-state index contributed by atoms with van der Waals surface area (Å²) < 4.78 is 47.3. The van der Waals surface area contributed by atoms with Gasteiger partial charge in [-0.15, -0.1) is 0 Å². The lowest BCUT2D eigenvalue weighted by Gasteiger charge is -2.41. The monoisotopic (exact) mass is 609 g/mol. The summed E-state index contributed by atoms with van der Waals surface area (Å²) in [7, 11) is -4.96. The van der Waals surface area contributed by atoms with Gasteiger partial charge >= 0.3 is 16.4 Å². The maximum absolute atomic E-state index is 12.3. The minimum Gasteiger partial charge on any atom is -0.416 e. The van der Waals surface area contributed by atoms with Crippen molar-refractivity contribution in [3.8, 4) is 0 Å². The molecule has 41 heavy (non-hydrogen) atoms. The van der Waals surface area contributed by atoms with Crippen LogP contribution < -0.4 is 21.3 Å². The Bertz CT molecular complexity index is 1450. The predicted molar refractivity (Wildman–Crippen MR) is 128 cm³/mol. The van der Waals surface area contributed by atoms with Gasteiger partial charge in [0.05, 0.1) is 19.5 Å². The normalized spacial score (nSPS) is 32.1. The van der Waals surface area contributed by atoms with Crippen molar-refractivity contribution in [1.29, 1.82) is 0 Å². The first-order valence-electron chi connectivity index (χ1n) is 11.7. The van der Waals surface area contributed by atoms with E-state index < -0.39 is 96.3 Å². The molecule has 2 amide bonds. The van der Waals surface area contributed by atoms with E-state index in [1.807, 2.05) is 0 Å². The van der Waals surface area contributed by atoms with Crippen LogP contribution in [0.4, 0.5) is 10.7 Å². The number of nitrogen functional groups attached to an aromatic ring is 1. The number of aromatic nitrogens is 4. The van der Waals surface area contributed by atoms with E-state index in [-0.39, 0.29) is 17.1 Å². The average molecular weight is 610 g/mol. The molecule has 21 nitrogen and oxygen atoms in total. The quantitative estimate of drug-likeness (QED) is 0.135. The molecule has 4 heterocycles. The lowest BCUT2D eigenvalue weighted by Crippen LogP contribution is -2.65. The van der Waals surface area contributed by atoms with Crippen LogP contribution in [-0.4, -0.2) is 128 Å². The zero-order chi connectivity index (χ0) is 30.2. The Labute approximate surface area is 229 Å². The molecule has 0 aliphatic carbocycles. The number of aliphatic hydroxyl groups is 5. The summed E-state index contributed by atoms with van der Waals surface area (Å²) in [5.41, 5.74) is 4.62. The van der Waals surface area contributed by atoms with Gasteiger partial charge in [0, 0.05) is 6.92 Å². The second kappa shape index (κ2) is 11.8. The predicted octanol–water partition coefficient (Wildman–Crippen LogP) is -5.75. The fourth-order valence-electron chi connectivity index (χ4n) is 4.21. The number of anilines is 1. The molecule has 9 atom stereocenters. The van der Waals surface area contributed by atoms with Gasteiger partial charge in [-0.05, 0) is 0 Å². The molecular formula is C19H27N7O14S. The number of aliphatic hydroxyl groups excluding tert-OH is 5. The summed E-state index contributed by atoms with van der Waals surface area (Å²) in [6, 6.07) is -1.54. The molecule has 0 aromatic carbocycles. The Morgan fingerprint density at radius 1 is 1.15 bits per heavy atom. The third-order valence-electron chi connectivity index (χ3n) is 6.13. The summed E-state index contributed by atoms with van der Waals surface area (Å²) >= 11 is 0. The number of nitrogens with zero attached hydrogens (tertiary/aromatic N) is 3. The summed E-state index contributed by atoms with van der Waals surface area (Å²) in [6.45, 7) is -0.695. The number of carbonyl (C=O) groups is 2. The van der Waals surface area contributed by atoms with Gasteiger partial charge in [-0.2, -0.15) is 18.1 Å². The number of aromatic amines is 1. The number of hydrogen-bond acceptors (Lipinski definition) is 17. The van der Waals surface area contributed by atoms with Gasteiger partial charge in [-0.25, -0.2) is 9.78 Å². The van der Waals surface area contributed by atoms with Crippen molar-refractivity contribution in [3.05, 3.63) is 16.7 Å². The van der Waals surface area contributed by atoms with Gasteiger partial charge < -0.3 is 50.8 Å². The molecule has 2 fully saturated rings. The molecule has 228 valence electrons. The van der Waals surface area contributed by atoms with E-state index in [9.17, 15) is 48.3 Å². The first kappa shape index (κ1) is 30.5. The lowest BCUT2D eigenvalue weighted by molar-refractivity contribution is -0.252. The third kappa shape index (κ3) is 6.39. The maximum atomic E-state index is 12.3. The number of H-pyrrole nitrogens is 1. The molecule has 4 rings (SSSR count). The molecule has 2 aromatic heterocycles. The van der Waals surface area contributed by atoms with E-state index in [4.69, 9.17) is 19.9 Å². The Balaban J connectivity index is 1.39. The number of nitrogens with two attached hydrogens (primary N) is 1. The first-order chi connectivity index (χ1) is 19.2. The molecule has 22 heteroatoms. The zero-order valence-electron chi connectivity index (χ0n) is 20.9. The number of ether oxygens (including phenoxy) is 3. The topological polar surface area (TPSA) is 320 Å². The molecule has 0 radical (unpaired) electrons. The van der Waals surface area contributed by atoms with Crippen molar-refractivity contribution < 1.29 is 61.9 Å². The Hall–Kier alpha value is -3.48. The zero-order valence-corrected chi connectivity index (χ0v) is 21.7. The van der Waals surface area contributed by atoms with Gasteiger partial charge in [0.15, 0.2) is 17.4 Å². The highest BCUT2D eigenvalue weighted by molar-refractivity contribution is 7.85. The van der Waals surface area contributed by atoms with Crippen LogP contribution in [0.5, 0.6) is 0 Å². The van der Waals surface area contributed by atoms with Crippen LogP contribution in [-0.2, 0) is 33.5 Å². The number of nitrogens with one attached hydrogen (secondary N) is 3. The Morgan fingerprint density at radius 3 is 2.49 bits per heavy atom. The fraction of sp³-hybridized carbons (Fsp3) is 0.632. The molecular weight excluding hydrogens is 582 g/mol. The largest absolute Gasteiger partial charge is 0.425 e. The van der Waals surface area contributed by atoms with Crippen LogP contribution in [0.25, 0.3) is 11.2 Å². The van der Waals surface area contributed by atoms with Crippen LogP contribution in [0, 0.1) is 0 Å². The number of hydrogen-bond donors (Lipinski definition) is 9. The Morgan fingerprint density at radius 2 is 1.83 bits per heavy atom. The van der Waals surface area contributed by atoms with E-state index >= 15 is 0 Å². The maximum Gasteiger partial charge on any atom is 0.425 e. The molecule has 2 aliphatic rings. The van der Waals surface area contributed by atoms with Crippen LogP contribution in [0.1, 0.15) is 13.2 Å². The van der Waals surface area contributed by atoms with Crippen LogP contribution in [0.15, 0.2) is 11.1 Å². The van der Waals surface area contributed by atoms with Crippen molar-refractivity contribution in [2.75, 3.05) is 18.9 Å². The van der Waals surface area contributed by atoms with E-state index in [0.29, 0.717) is 0 Å². The third-order valence-corrected chi connectivity index (χ3v) is 6.99. The number of imidazole rings is 1. The number of rotatable bonds is 8. The molecule has 0 saturated carbocycles. The number of carbonyl (C=O) groups excluding carboxylic acids is 2. The van der Waals surface area contributed by atoms with Gasteiger partial charge in [0.1, 0.15) is 42.7 Å². The number of fused-ring (bicyclic) bond motifs is 1. The molecule has 5 unspecified atom stereocenters. The highest BCUT2D eigenvalue weighted by Gasteiger charge is 2.47. The summed E-state index contributed by atoms with van der Waals surface area (Å²) in [5, 5.41) is 52.6. The van der Waals surface area contributed by atoms with Crippen LogP contribution >= 0.6 is 0 Å². The van der Waals surface area contributed by atoms with Crippen molar-refractivity contribution in [1.82, 2.24) is 29.6 Å². The van der Waals surface area contributed by atoms with Crippen molar-refractivity contribution in [2.45, 2.75) is 62.1 Å².